The molecule has 1 aliphatic heterocycles. The van der Waals surface area contributed by atoms with Crippen molar-refractivity contribution in [1.82, 2.24) is 9.13 Å². The van der Waals surface area contributed by atoms with Gasteiger partial charge in [-0.15, -0.1) is 0 Å². The SMILES string of the molecule is C=CC(=NC(=C)C)C1CC=c2c(n(C)c(=O)n2CC(C)(C)C)=N1. The van der Waals surface area contributed by atoms with Gasteiger partial charge in [-0.2, -0.15) is 0 Å². The van der Waals surface area contributed by atoms with Crippen LogP contribution in [0.5, 0.6) is 0 Å². The van der Waals surface area contributed by atoms with Crippen molar-refractivity contribution in [1.29, 1.82) is 0 Å². The maximum atomic E-state index is 12.5. The topological polar surface area (TPSA) is 51.6 Å². The van der Waals surface area contributed by atoms with E-state index >= 15 is 0 Å². The zero-order valence-electron chi connectivity index (χ0n) is 14.8. The monoisotopic (exact) mass is 314 g/mol. The van der Waals surface area contributed by atoms with Crippen molar-refractivity contribution >= 4 is 11.8 Å². The summed E-state index contributed by atoms with van der Waals surface area (Å²) in [5, 5.41) is 0.905. The fourth-order valence-corrected chi connectivity index (χ4v) is 2.74. The molecule has 0 fully saturated rings. The summed E-state index contributed by atoms with van der Waals surface area (Å²) in [7, 11) is 1.77. The highest BCUT2D eigenvalue weighted by atomic mass is 16.1. The lowest BCUT2D eigenvalue weighted by Gasteiger charge is -2.19. The Morgan fingerprint density at radius 1 is 1.52 bits per heavy atom. The fraction of sp³-hybridized carbons (Fsp3) is 0.500. The number of hydrogen-bond donors (Lipinski definition) is 0. The van der Waals surface area contributed by atoms with Gasteiger partial charge in [-0.1, -0.05) is 40.0 Å². The Balaban J connectivity index is 2.59. The van der Waals surface area contributed by atoms with Crippen molar-refractivity contribution < 1.29 is 0 Å². The predicted octanol–water partition coefficient (Wildman–Crippen LogP) is 1.57. The van der Waals surface area contributed by atoms with Crippen molar-refractivity contribution in [3.05, 3.63) is 46.3 Å². The highest BCUT2D eigenvalue weighted by Crippen LogP contribution is 2.14. The Morgan fingerprint density at radius 3 is 2.70 bits per heavy atom. The van der Waals surface area contributed by atoms with E-state index in [-0.39, 0.29) is 17.1 Å². The lowest BCUT2D eigenvalue weighted by molar-refractivity contribution is 0.333. The second-order valence-electron chi connectivity index (χ2n) is 7.26. The molecule has 0 spiro atoms. The Hall–Kier alpha value is -2.17. The lowest BCUT2D eigenvalue weighted by Crippen LogP contribution is -2.40. The molecule has 1 aliphatic rings. The molecule has 0 N–H and O–H groups in total. The van der Waals surface area contributed by atoms with Gasteiger partial charge in [0, 0.05) is 19.3 Å². The van der Waals surface area contributed by atoms with Gasteiger partial charge in [0.25, 0.3) is 0 Å². The highest BCUT2D eigenvalue weighted by molar-refractivity contribution is 6.00. The molecule has 1 unspecified atom stereocenters. The average Bonchev–Trinajstić information content (AvgIpc) is 2.68. The van der Waals surface area contributed by atoms with Gasteiger partial charge < -0.3 is 0 Å². The first-order chi connectivity index (χ1) is 10.6. The van der Waals surface area contributed by atoms with E-state index in [2.05, 4.69) is 45.0 Å². The molecule has 0 saturated heterocycles. The van der Waals surface area contributed by atoms with Gasteiger partial charge in [0.1, 0.15) is 0 Å². The lowest BCUT2D eigenvalue weighted by atomic mass is 9.97. The zero-order chi connectivity index (χ0) is 17.4. The molecule has 0 saturated carbocycles. The normalized spacial score (nSPS) is 18.0. The highest BCUT2D eigenvalue weighted by Gasteiger charge is 2.21. The van der Waals surface area contributed by atoms with Crippen LogP contribution in [0.1, 0.15) is 34.1 Å². The number of aliphatic imine (C=N–C) groups is 1. The molecule has 0 bridgehead atoms. The van der Waals surface area contributed by atoms with Gasteiger partial charge in [-0.3, -0.25) is 19.1 Å². The van der Waals surface area contributed by atoms with Gasteiger partial charge in [-0.05, 0) is 24.8 Å². The number of fused-ring (bicyclic) bond motifs is 1. The average molecular weight is 314 g/mol. The fourth-order valence-electron chi connectivity index (χ4n) is 2.74. The molecule has 23 heavy (non-hydrogen) atoms. The van der Waals surface area contributed by atoms with Crippen molar-refractivity contribution in [3.8, 4) is 0 Å². The molecule has 124 valence electrons. The largest absolute Gasteiger partial charge is 0.330 e. The summed E-state index contributed by atoms with van der Waals surface area (Å²) in [6, 6.07) is -0.118. The summed E-state index contributed by atoms with van der Waals surface area (Å²) in [6.45, 7) is 16.5. The number of allylic oxidation sites excluding steroid dienone is 1. The summed E-state index contributed by atoms with van der Waals surface area (Å²) >= 11 is 0. The minimum absolute atomic E-state index is 0.0251. The van der Waals surface area contributed by atoms with E-state index in [0.717, 1.165) is 16.8 Å². The first kappa shape index (κ1) is 17.2. The molecule has 1 aromatic rings. The van der Waals surface area contributed by atoms with E-state index in [1.807, 2.05) is 11.5 Å². The summed E-state index contributed by atoms with van der Waals surface area (Å²) in [5.41, 5.74) is 2.22. The maximum absolute atomic E-state index is 12.5. The number of imidazole rings is 1. The summed E-state index contributed by atoms with van der Waals surface area (Å²) in [6.07, 6.45) is 4.50. The van der Waals surface area contributed by atoms with Crippen LogP contribution in [-0.2, 0) is 13.6 Å². The van der Waals surface area contributed by atoms with E-state index in [0.29, 0.717) is 18.5 Å². The minimum atomic E-state index is -0.118. The summed E-state index contributed by atoms with van der Waals surface area (Å²) in [4.78, 5) is 21.7. The van der Waals surface area contributed by atoms with Crippen molar-refractivity contribution in [2.24, 2.45) is 22.4 Å². The number of hydrogen-bond acceptors (Lipinski definition) is 3. The minimum Gasteiger partial charge on any atom is -0.290 e. The quantitative estimate of drug-likeness (QED) is 0.778. The molecule has 0 aliphatic carbocycles. The van der Waals surface area contributed by atoms with Gasteiger partial charge in [0.2, 0.25) is 0 Å². The molecular weight excluding hydrogens is 288 g/mol. The van der Waals surface area contributed by atoms with E-state index in [9.17, 15) is 4.79 Å². The van der Waals surface area contributed by atoms with E-state index in [4.69, 9.17) is 4.99 Å². The van der Waals surface area contributed by atoms with Crippen LogP contribution in [0.15, 0.2) is 39.7 Å². The Kier molecular flexibility index (Phi) is 4.59. The van der Waals surface area contributed by atoms with Crippen molar-refractivity contribution in [2.45, 2.75) is 46.7 Å². The zero-order valence-corrected chi connectivity index (χ0v) is 14.8. The van der Waals surface area contributed by atoms with Crippen LogP contribution in [0.4, 0.5) is 0 Å². The Morgan fingerprint density at radius 2 is 2.17 bits per heavy atom. The predicted molar refractivity (Wildman–Crippen MR) is 95.2 cm³/mol. The smallest absolute Gasteiger partial charge is 0.290 e. The first-order valence-corrected chi connectivity index (χ1v) is 7.84. The van der Waals surface area contributed by atoms with Crippen LogP contribution >= 0.6 is 0 Å². The Bertz CT molecular complexity index is 843. The van der Waals surface area contributed by atoms with E-state index in [1.54, 1.807) is 17.7 Å². The third kappa shape index (κ3) is 3.60. The molecule has 2 rings (SSSR count). The maximum Gasteiger partial charge on any atom is 0.330 e. The van der Waals surface area contributed by atoms with E-state index < -0.39 is 0 Å². The number of rotatable bonds is 4. The van der Waals surface area contributed by atoms with Crippen LogP contribution in [-0.4, -0.2) is 20.9 Å². The molecule has 1 aromatic heterocycles. The third-order valence-electron chi connectivity index (χ3n) is 3.67. The first-order valence-electron chi connectivity index (χ1n) is 7.84. The van der Waals surface area contributed by atoms with Crippen LogP contribution in [0, 0.1) is 5.41 Å². The van der Waals surface area contributed by atoms with Crippen LogP contribution in [0.3, 0.4) is 0 Å². The second-order valence-corrected chi connectivity index (χ2v) is 7.26. The molecular formula is C18H26N4O. The Labute approximate surface area is 137 Å². The van der Waals surface area contributed by atoms with Gasteiger partial charge in [0.15, 0.2) is 5.49 Å². The summed E-state index contributed by atoms with van der Waals surface area (Å²) in [5.74, 6) is 0. The molecule has 2 heterocycles. The van der Waals surface area contributed by atoms with Crippen LogP contribution < -0.4 is 16.5 Å². The third-order valence-corrected chi connectivity index (χ3v) is 3.67. The van der Waals surface area contributed by atoms with Crippen molar-refractivity contribution in [3.63, 3.8) is 0 Å². The number of nitrogens with zero attached hydrogens (tertiary/aromatic N) is 4. The van der Waals surface area contributed by atoms with Gasteiger partial charge in [0.05, 0.1) is 17.1 Å². The standard InChI is InChI=1S/C18H26N4O/c1-8-13(19-12(2)3)14-9-10-15-16(20-14)21(7)17(23)22(15)11-18(4,5)6/h8,10,14H,1-2,9,11H2,3-7H3. The summed E-state index contributed by atoms with van der Waals surface area (Å²) < 4.78 is 3.43. The van der Waals surface area contributed by atoms with Gasteiger partial charge >= 0.3 is 5.69 Å². The van der Waals surface area contributed by atoms with Crippen molar-refractivity contribution in [2.75, 3.05) is 0 Å². The van der Waals surface area contributed by atoms with E-state index in [1.165, 1.54) is 0 Å². The molecule has 0 aromatic carbocycles. The molecule has 0 amide bonds. The molecule has 0 radical (unpaired) electrons. The molecule has 5 nitrogen and oxygen atoms in total. The van der Waals surface area contributed by atoms with Gasteiger partial charge in [-0.25, -0.2) is 4.79 Å². The molecule has 1 atom stereocenters. The van der Waals surface area contributed by atoms with Crippen LogP contribution in [0.25, 0.3) is 6.08 Å². The number of aromatic nitrogens is 2. The second kappa shape index (κ2) is 6.14. The molecule has 5 heteroatoms. The van der Waals surface area contributed by atoms with Crippen LogP contribution in [0.2, 0.25) is 0 Å².